The topological polar surface area (TPSA) is 42.2 Å². The Kier molecular flexibility index (Phi) is 2.61. The quantitative estimate of drug-likeness (QED) is 0.670. The molecule has 2 heterocycles. The van der Waals surface area contributed by atoms with Crippen molar-refractivity contribution in [3.05, 3.63) is 23.5 Å². The summed E-state index contributed by atoms with van der Waals surface area (Å²) in [5.41, 5.74) is 0.556. The Morgan fingerprint density at radius 2 is 2.19 bits per heavy atom. The van der Waals surface area contributed by atoms with E-state index < -0.39 is 5.60 Å². The molecular weight excluding hydrogens is 202 g/mol. The van der Waals surface area contributed by atoms with Gasteiger partial charge < -0.3 is 9.67 Å². The number of carbonyl (C=O) groups is 1. The van der Waals surface area contributed by atoms with Gasteiger partial charge in [0.1, 0.15) is 5.60 Å². The van der Waals surface area contributed by atoms with Crippen LogP contribution in [-0.2, 0) is 6.54 Å². The van der Waals surface area contributed by atoms with Crippen molar-refractivity contribution in [3.63, 3.8) is 0 Å². The summed E-state index contributed by atoms with van der Waals surface area (Å²) in [6.45, 7) is 4.13. The number of fused-ring (bicyclic) bond motifs is 1. The molecule has 16 heavy (non-hydrogen) atoms. The van der Waals surface area contributed by atoms with E-state index in [1.165, 1.54) is 0 Å². The molecule has 0 atom stereocenters. The van der Waals surface area contributed by atoms with E-state index in [4.69, 9.17) is 0 Å². The third-order valence-corrected chi connectivity index (χ3v) is 2.55. The second kappa shape index (κ2) is 3.80. The fourth-order valence-electron chi connectivity index (χ4n) is 1.80. The van der Waals surface area contributed by atoms with Crippen molar-refractivity contribution < 1.29 is 9.90 Å². The van der Waals surface area contributed by atoms with Crippen molar-refractivity contribution >= 4 is 5.78 Å². The Hall–Kier alpha value is -1.53. The molecule has 1 aliphatic heterocycles. The van der Waals surface area contributed by atoms with Crippen molar-refractivity contribution in [1.82, 2.24) is 4.57 Å². The minimum absolute atomic E-state index is 0.183. The summed E-state index contributed by atoms with van der Waals surface area (Å²) in [6, 6.07) is 3.66. The first-order valence-corrected chi connectivity index (χ1v) is 5.46. The number of aliphatic hydroxyl groups is 1. The summed E-state index contributed by atoms with van der Waals surface area (Å²) in [5, 5.41) is 9.52. The zero-order valence-corrected chi connectivity index (χ0v) is 9.58. The van der Waals surface area contributed by atoms with Gasteiger partial charge in [-0.15, -0.1) is 0 Å². The predicted molar refractivity (Wildman–Crippen MR) is 61.2 cm³/mol. The number of hydrogen-bond donors (Lipinski definition) is 1. The molecule has 0 bridgehead atoms. The van der Waals surface area contributed by atoms with Gasteiger partial charge in [-0.05, 0) is 38.3 Å². The Morgan fingerprint density at radius 1 is 1.44 bits per heavy atom. The maximum absolute atomic E-state index is 11.6. The van der Waals surface area contributed by atoms with Gasteiger partial charge in [-0.2, -0.15) is 0 Å². The average Bonchev–Trinajstić information content (AvgIpc) is 2.58. The van der Waals surface area contributed by atoms with Gasteiger partial charge in [0, 0.05) is 13.0 Å². The van der Waals surface area contributed by atoms with Gasteiger partial charge in [0.25, 0.3) is 0 Å². The van der Waals surface area contributed by atoms with Crippen LogP contribution in [0.1, 0.15) is 42.9 Å². The molecule has 3 nitrogen and oxygen atoms in total. The minimum Gasteiger partial charge on any atom is -0.378 e. The molecule has 2 rings (SSSR count). The Bertz CT molecular complexity index is 480. The lowest BCUT2D eigenvalue weighted by Gasteiger charge is -2.15. The standard InChI is InChI=1S/C13H15NO2/c1-13(2,16)8-7-10-5-6-11-12(15)4-3-9-14(10)11/h5-6,16H,3-4,9H2,1-2H3. The molecule has 0 spiro atoms. The molecule has 0 fully saturated rings. The van der Waals surface area contributed by atoms with Crippen LogP contribution in [0.25, 0.3) is 0 Å². The predicted octanol–water partition coefficient (Wildman–Crippen LogP) is 1.59. The summed E-state index contributed by atoms with van der Waals surface area (Å²) in [4.78, 5) is 11.6. The number of aromatic nitrogens is 1. The summed E-state index contributed by atoms with van der Waals surface area (Å²) in [7, 11) is 0. The summed E-state index contributed by atoms with van der Waals surface area (Å²) < 4.78 is 1.94. The number of hydrogen-bond acceptors (Lipinski definition) is 2. The van der Waals surface area contributed by atoms with Crippen molar-refractivity contribution in [2.24, 2.45) is 0 Å². The smallest absolute Gasteiger partial charge is 0.179 e. The van der Waals surface area contributed by atoms with Crippen molar-refractivity contribution in [2.75, 3.05) is 0 Å². The van der Waals surface area contributed by atoms with Crippen LogP contribution in [0.2, 0.25) is 0 Å². The van der Waals surface area contributed by atoms with Gasteiger partial charge in [0.2, 0.25) is 0 Å². The number of rotatable bonds is 0. The maximum atomic E-state index is 11.6. The van der Waals surface area contributed by atoms with E-state index in [1.54, 1.807) is 13.8 Å². The first-order chi connectivity index (χ1) is 7.47. The molecule has 1 aromatic heterocycles. The summed E-state index contributed by atoms with van der Waals surface area (Å²) >= 11 is 0. The highest BCUT2D eigenvalue weighted by Gasteiger charge is 2.18. The van der Waals surface area contributed by atoms with Gasteiger partial charge in [0.15, 0.2) is 5.78 Å². The molecule has 0 radical (unpaired) electrons. The molecule has 0 saturated carbocycles. The SMILES string of the molecule is CC(C)(O)C#Cc1ccc2n1CCCC2=O. The molecule has 0 unspecified atom stereocenters. The highest BCUT2D eigenvalue weighted by molar-refractivity contribution is 5.95. The molecular formula is C13H15NO2. The van der Waals surface area contributed by atoms with E-state index in [0.29, 0.717) is 6.42 Å². The van der Waals surface area contributed by atoms with E-state index in [0.717, 1.165) is 24.4 Å². The fraction of sp³-hybridized carbons (Fsp3) is 0.462. The molecule has 0 saturated heterocycles. The zero-order chi connectivity index (χ0) is 11.8. The third kappa shape index (κ3) is 2.17. The van der Waals surface area contributed by atoms with Gasteiger partial charge in [-0.3, -0.25) is 4.79 Å². The van der Waals surface area contributed by atoms with E-state index in [-0.39, 0.29) is 5.78 Å². The molecule has 3 heteroatoms. The maximum Gasteiger partial charge on any atom is 0.179 e. The summed E-state index contributed by atoms with van der Waals surface area (Å²) in [6.07, 6.45) is 1.50. The lowest BCUT2D eigenvalue weighted by molar-refractivity contribution is 0.0955. The third-order valence-electron chi connectivity index (χ3n) is 2.55. The summed E-state index contributed by atoms with van der Waals surface area (Å²) in [5.74, 6) is 5.87. The molecule has 84 valence electrons. The lowest BCUT2D eigenvalue weighted by atomic mass is 10.1. The highest BCUT2D eigenvalue weighted by Crippen LogP contribution is 2.18. The van der Waals surface area contributed by atoms with Crippen molar-refractivity contribution in [2.45, 2.75) is 38.8 Å². The molecule has 1 aromatic rings. The first kappa shape index (κ1) is 11.0. The second-order valence-electron chi connectivity index (χ2n) is 4.59. The zero-order valence-electron chi connectivity index (χ0n) is 9.58. The fourth-order valence-corrected chi connectivity index (χ4v) is 1.80. The van der Waals surface area contributed by atoms with E-state index in [1.807, 2.05) is 16.7 Å². The molecule has 1 N–H and O–H groups in total. The second-order valence-corrected chi connectivity index (χ2v) is 4.59. The van der Waals surface area contributed by atoms with Crippen LogP contribution in [0.3, 0.4) is 0 Å². The lowest BCUT2D eigenvalue weighted by Crippen LogP contribution is -2.18. The minimum atomic E-state index is -0.997. The van der Waals surface area contributed by atoms with Gasteiger partial charge in [0.05, 0.1) is 11.4 Å². The van der Waals surface area contributed by atoms with Crippen LogP contribution in [0, 0.1) is 11.8 Å². The van der Waals surface area contributed by atoms with E-state index in [2.05, 4.69) is 11.8 Å². The van der Waals surface area contributed by atoms with Crippen molar-refractivity contribution in [3.8, 4) is 11.8 Å². The number of nitrogens with zero attached hydrogens (tertiary/aromatic N) is 1. The average molecular weight is 217 g/mol. The van der Waals surface area contributed by atoms with Crippen LogP contribution in [-0.4, -0.2) is 21.1 Å². The largest absolute Gasteiger partial charge is 0.378 e. The van der Waals surface area contributed by atoms with Crippen LogP contribution >= 0.6 is 0 Å². The molecule has 0 aliphatic carbocycles. The Balaban J connectivity index is 2.37. The van der Waals surface area contributed by atoms with E-state index in [9.17, 15) is 9.90 Å². The Labute approximate surface area is 95.1 Å². The molecule has 0 aromatic carbocycles. The van der Waals surface area contributed by atoms with Crippen LogP contribution < -0.4 is 0 Å². The van der Waals surface area contributed by atoms with Crippen molar-refractivity contribution in [1.29, 1.82) is 0 Å². The number of Topliss-reactive ketones (excluding diaryl/α,β-unsaturated/α-hetero) is 1. The van der Waals surface area contributed by atoms with Gasteiger partial charge in [-0.25, -0.2) is 0 Å². The highest BCUT2D eigenvalue weighted by atomic mass is 16.3. The van der Waals surface area contributed by atoms with Gasteiger partial charge in [-0.1, -0.05) is 5.92 Å². The van der Waals surface area contributed by atoms with E-state index >= 15 is 0 Å². The number of ketones is 1. The van der Waals surface area contributed by atoms with Gasteiger partial charge >= 0.3 is 0 Å². The monoisotopic (exact) mass is 217 g/mol. The number of carbonyl (C=O) groups excluding carboxylic acids is 1. The van der Waals surface area contributed by atoms with Crippen LogP contribution in [0.4, 0.5) is 0 Å². The van der Waals surface area contributed by atoms with Crippen LogP contribution in [0.15, 0.2) is 12.1 Å². The molecule has 1 aliphatic rings. The first-order valence-electron chi connectivity index (χ1n) is 5.46. The normalized spacial score (nSPS) is 15.3. The van der Waals surface area contributed by atoms with Crippen LogP contribution in [0.5, 0.6) is 0 Å². The Morgan fingerprint density at radius 3 is 2.88 bits per heavy atom. The molecule has 0 amide bonds.